The molecular weight excluding hydrogens is 138 g/mol. The van der Waals surface area contributed by atoms with Crippen molar-refractivity contribution in [1.82, 2.24) is 0 Å². The van der Waals surface area contributed by atoms with Crippen LogP contribution >= 0.6 is 0 Å². The molecule has 0 aromatic rings. The molecule has 0 bridgehead atoms. The van der Waals surface area contributed by atoms with Crippen molar-refractivity contribution in [3.8, 4) is 0 Å². The Labute approximate surface area is 58.0 Å². The molecule has 0 aromatic carbocycles. The van der Waals surface area contributed by atoms with Crippen molar-refractivity contribution in [3.05, 3.63) is 30.2 Å². The fourth-order valence-corrected chi connectivity index (χ4v) is 0.703. The molecule has 0 heterocycles. The van der Waals surface area contributed by atoms with Crippen LogP contribution in [0, 0.1) is 6.42 Å². The molecule has 0 saturated heterocycles. The highest BCUT2D eigenvalue weighted by molar-refractivity contribution is 5.26. The number of hydrogen-bond acceptors (Lipinski definition) is 1. The van der Waals surface area contributed by atoms with Crippen molar-refractivity contribution in [2.24, 2.45) is 0 Å². The predicted octanol–water partition coefficient (Wildman–Crippen LogP) is 2.28. The molecule has 1 rings (SSSR count). The molecule has 0 spiro atoms. The summed E-state index contributed by atoms with van der Waals surface area (Å²) in [5, 5.41) is 0. The molecule has 1 aliphatic carbocycles. The molecule has 10 heavy (non-hydrogen) atoms. The Morgan fingerprint density at radius 2 is 2.40 bits per heavy atom. The zero-order chi connectivity index (χ0) is 7.40. The Morgan fingerprint density at radius 1 is 1.60 bits per heavy atom. The third-order valence-electron chi connectivity index (χ3n) is 1.15. The Bertz CT molecular complexity index is 172. The topological polar surface area (TPSA) is 9.23 Å². The lowest BCUT2D eigenvalue weighted by Gasteiger charge is -2.07. The van der Waals surface area contributed by atoms with Crippen molar-refractivity contribution in [1.29, 1.82) is 0 Å². The SMILES string of the molecule is FCOC1=C(F)[CH]CC=C1. The third-order valence-corrected chi connectivity index (χ3v) is 1.15. The number of halogens is 2. The summed E-state index contributed by atoms with van der Waals surface area (Å²) in [4.78, 5) is 0. The second-order valence-electron chi connectivity index (χ2n) is 1.81. The summed E-state index contributed by atoms with van der Waals surface area (Å²) in [6.07, 6.45) is 5.01. The number of alkyl halides is 1. The van der Waals surface area contributed by atoms with E-state index in [0.717, 1.165) is 0 Å². The van der Waals surface area contributed by atoms with Crippen LogP contribution in [0.5, 0.6) is 0 Å². The van der Waals surface area contributed by atoms with Gasteiger partial charge in [-0.2, -0.15) is 0 Å². The fraction of sp³-hybridized carbons (Fsp3) is 0.286. The fourth-order valence-electron chi connectivity index (χ4n) is 0.703. The minimum absolute atomic E-state index is 0.0197. The molecule has 0 amide bonds. The lowest BCUT2D eigenvalue weighted by atomic mass is 10.1. The Kier molecular flexibility index (Phi) is 2.42. The normalized spacial score (nSPS) is 17.8. The molecule has 0 aliphatic heterocycles. The lowest BCUT2D eigenvalue weighted by Crippen LogP contribution is -1.95. The van der Waals surface area contributed by atoms with Gasteiger partial charge in [-0.3, -0.25) is 0 Å². The van der Waals surface area contributed by atoms with Gasteiger partial charge in [-0.15, -0.1) is 0 Å². The summed E-state index contributed by atoms with van der Waals surface area (Å²) >= 11 is 0. The highest BCUT2D eigenvalue weighted by Crippen LogP contribution is 2.19. The van der Waals surface area contributed by atoms with Gasteiger partial charge in [0.25, 0.3) is 0 Å². The highest BCUT2D eigenvalue weighted by atomic mass is 19.1. The second kappa shape index (κ2) is 3.34. The van der Waals surface area contributed by atoms with Crippen molar-refractivity contribution in [2.75, 3.05) is 6.86 Å². The van der Waals surface area contributed by atoms with E-state index in [0.29, 0.717) is 6.42 Å². The van der Waals surface area contributed by atoms with Gasteiger partial charge in [0.1, 0.15) is 5.83 Å². The van der Waals surface area contributed by atoms with E-state index in [1.54, 1.807) is 6.08 Å². The van der Waals surface area contributed by atoms with E-state index < -0.39 is 12.7 Å². The van der Waals surface area contributed by atoms with E-state index in [1.807, 2.05) is 0 Å². The summed E-state index contributed by atoms with van der Waals surface area (Å²) in [6.45, 7) is -0.985. The van der Waals surface area contributed by atoms with Crippen LogP contribution in [0.3, 0.4) is 0 Å². The molecule has 0 atom stereocenters. The van der Waals surface area contributed by atoms with E-state index in [-0.39, 0.29) is 5.76 Å². The van der Waals surface area contributed by atoms with Crippen LogP contribution in [-0.4, -0.2) is 6.86 Å². The second-order valence-corrected chi connectivity index (χ2v) is 1.81. The first kappa shape index (κ1) is 7.25. The third kappa shape index (κ3) is 1.56. The molecule has 1 radical (unpaired) electrons. The predicted molar refractivity (Wildman–Crippen MR) is 33.3 cm³/mol. The molecule has 0 fully saturated rings. The van der Waals surface area contributed by atoms with Crippen LogP contribution in [0.25, 0.3) is 0 Å². The highest BCUT2D eigenvalue weighted by Gasteiger charge is 2.08. The van der Waals surface area contributed by atoms with E-state index in [4.69, 9.17) is 0 Å². The standard InChI is InChI=1S/C7H7F2O/c8-5-10-7-4-2-1-3-6(7)9/h2-4H,1,5H2. The first-order valence-electron chi connectivity index (χ1n) is 2.93. The van der Waals surface area contributed by atoms with Gasteiger partial charge >= 0.3 is 0 Å². The first-order chi connectivity index (χ1) is 4.84. The van der Waals surface area contributed by atoms with E-state index >= 15 is 0 Å². The maximum atomic E-state index is 12.5. The number of ether oxygens (including phenoxy) is 1. The quantitative estimate of drug-likeness (QED) is 0.579. The largest absolute Gasteiger partial charge is 0.460 e. The molecule has 0 saturated carbocycles. The lowest BCUT2D eigenvalue weighted by molar-refractivity contribution is 0.118. The van der Waals surface area contributed by atoms with Gasteiger partial charge in [0.15, 0.2) is 5.76 Å². The molecule has 1 aliphatic rings. The van der Waals surface area contributed by atoms with E-state index in [1.165, 1.54) is 12.5 Å². The van der Waals surface area contributed by atoms with Crippen molar-refractivity contribution in [3.63, 3.8) is 0 Å². The van der Waals surface area contributed by atoms with E-state index in [2.05, 4.69) is 4.74 Å². The van der Waals surface area contributed by atoms with Gasteiger partial charge in [-0.05, 0) is 12.5 Å². The van der Waals surface area contributed by atoms with Crippen LogP contribution in [0.2, 0.25) is 0 Å². The van der Waals surface area contributed by atoms with Crippen LogP contribution in [-0.2, 0) is 4.74 Å². The van der Waals surface area contributed by atoms with Crippen LogP contribution in [0.1, 0.15) is 6.42 Å². The molecule has 1 nitrogen and oxygen atoms in total. The van der Waals surface area contributed by atoms with Gasteiger partial charge in [0, 0.05) is 6.42 Å². The number of hydrogen-bond donors (Lipinski definition) is 0. The Morgan fingerprint density at radius 3 is 3.00 bits per heavy atom. The minimum atomic E-state index is -0.985. The average molecular weight is 145 g/mol. The maximum Gasteiger partial charge on any atom is 0.228 e. The maximum absolute atomic E-state index is 12.5. The summed E-state index contributed by atoms with van der Waals surface area (Å²) in [7, 11) is 0. The van der Waals surface area contributed by atoms with Gasteiger partial charge in [0.05, 0.1) is 0 Å². The zero-order valence-corrected chi connectivity index (χ0v) is 5.31. The molecule has 3 heteroatoms. The van der Waals surface area contributed by atoms with Crippen molar-refractivity contribution in [2.45, 2.75) is 6.42 Å². The van der Waals surface area contributed by atoms with Gasteiger partial charge < -0.3 is 4.74 Å². The van der Waals surface area contributed by atoms with Gasteiger partial charge in [0.2, 0.25) is 6.86 Å². The summed E-state index contributed by atoms with van der Waals surface area (Å²) in [6, 6.07) is 0. The molecule has 0 aromatic heterocycles. The first-order valence-corrected chi connectivity index (χ1v) is 2.93. The summed E-state index contributed by atoms with van der Waals surface area (Å²) in [5.74, 6) is -0.506. The number of rotatable bonds is 2. The Balaban J connectivity index is 2.60. The zero-order valence-electron chi connectivity index (χ0n) is 5.31. The number of allylic oxidation sites excluding steroid dienone is 3. The smallest absolute Gasteiger partial charge is 0.228 e. The van der Waals surface area contributed by atoms with E-state index in [9.17, 15) is 8.78 Å². The average Bonchev–Trinajstić information content (AvgIpc) is 1.94. The summed E-state index contributed by atoms with van der Waals surface area (Å²) in [5.41, 5.74) is 0. The molecule has 0 N–H and O–H groups in total. The van der Waals surface area contributed by atoms with Crippen LogP contribution in [0.4, 0.5) is 8.78 Å². The van der Waals surface area contributed by atoms with Crippen molar-refractivity contribution >= 4 is 0 Å². The molecule has 55 valence electrons. The molecule has 0 unspecified atom stereocenters. The van der Waals surface area contributed by atoms with Gasteiger partial charge in [-0.25, -0.2) is 8.78 Å². The van der Waals surface area contributed by atoms with Crippen LogP contribution in [0.15, 0.2) is 23.7 Å². The van der Waals surface area contributed by atoms with Crippen LogP contribution < -0.4 is 0 Å². The minimum Gasteiger partial charge on any atom is -0.460 e. The Hall–Kier alpha value is -0.860. The van der Waals surface area contributed by atoms with Crippen molar-refractivity contribution < 1.29 is 13.5 Å². The monoisotopic (exact) mass is 145 g/mol. The van der Waals surface area contributed by atoms with Gasteiger partial charge in [-0.1, -0.05) is 6.08 Å². The summed E-state index contributed by atoms with van der Waals surface area (Å²) < 4.78 is 28.3. The molecular formula is C7H7F2O.